The van der Waals surface area contributed by atoms with Gasteiger partial charge in [-0.15, -0.1) is 0 Å². The van der Waals surface area contributed by atoms with Gasteiger partial charge in [0.15, 0.2) is 5.78 Å². The highest BCUT2D eigenvalue weighted by molar-refractivity contribution is 9.10. The van der Waals surface area contributed by atoms with Gasteiger partial charge in [-0.05, 0) is 31.0 Å². The molecular weight excluding hydrogens is 285 g/mol. The molecule has 0 aliphatic heterocycles. The van der Waals surface area contributed by atoms with Crippen molar-refractivity contribution in [3.05, 3.63) is 34.1 Å². The van der Waals surface area contributed by atoms with Crippen LogP contribution in [0.2, 0.25) is 0 Å². The van der Waals surface area contributed by atoms with E-state index in [1.165, 1.54) is 12.1 Å². The number of carbonyl (C=O) groups excluding carboxylic acids is 1. The second-order valence-electron chi connectivity index (χ2n) is 4.14. The summed E-state index contributed by atoms with van der Waals surface area (Å²) in [5.74, 6) is -0.191. The van der Waals surface area contributed by atoms with Crippen molar-refractivity contribution < 1.29 is 9.18 Å². The molecule has 0 fully saturated rings. The number of halogens is 2. The Morgan fingerprint density at radius 2 is 2.24 bits per heavy atom. The summed E-state index contributed by atoms with van der Waals surface area (Å²) in [5, 5.41) is 3.14. The van der Waals surface area contributed by atoms with E-state index in [1.54, 1.807) is 6.07 Å². The van der Waals surface area contributed by atoms with Gasteiger partial charge >= 0.3 is 0 Å². The minimum atomic E-state index is -0.300. The van der Waals surface area contributed by atoms with Crippen molar-refractivity contribution in [3.63, 3.8) is 0 Å². The molecule has 0 bridgehead atoms. The molecule has 1 unspecified atom stereocenters. The van der Waals surface area contributed by atoms with E-state index in [0.29, 0.717) is 23.5 Å². The zero-order valence-corrected chi connectivity index (χ0v) is 11.7. The predicted molar refractivity (Wildman–Crippen MR) is 70.6 cm³/mol. The Bertz CT molecular complexity index is 395. The quantitative estimate of drug-likeness (QED) is 0.875. The Morgan fingerprint density at radius 3 is 2.82 bits per heavy atom. The van der Waals surface area contributed by atoms with Gasteiger partial charge in [0.25, 0.3) is 0 Å². The van der Waals surface area contributed by atoms with Crippen LogP contribution in [0.15, 0.2) is 22.7 Å². The standard InChI is InChI=1S/C13H17BrFNO/c1-3-9(2)16-8-12(17)6-10-4-5-11(15)7-13(10)14/h4-5,7,9,16H,3,6,8H2,1-2H3. The molecular formula is C13H17BrFNO. The van der Waals surface area contributed by atoms with Crippen LogP contribution >= 0.6 is 15.9 Å². The molecule has 0 aliphatic carbocycles. The van der Waals surface area contributed by atoms with Gasteiger partial charge in [-0.25, -0.2) is 4.39 Å². The summed E-state index contributed by atoms with van der Waals surface area (Å²) in [6.07, 6.45) is 1.32. The molecule has 0 saturated heterocycles. The van der Waals surface area contributed by atoms with Crippen LogP contribution < -0.4 is 5.32 Å². The maximum Gasteiger partial charge on any atom is 0.151 e. The van der Waals surface area contributed by atoms with Gasteiger partial charge in [0.2, 0.25) is 0 Å². The Hall–Kier alpha value is -0.740. The third kappa shape index (κ3) is 4.96. The zero-order valence-electron chi connectivity index (χ0n) is 10.1. The molecule has 2 nitrogen and oxygen atoms in total. The summed E-state index contributed by atoms with van der Waals surface area (Å²) in [4.78, 5) is 11.7. The molecule has 0 amide bonds. The highest BCUT2D eigenvalue weighted by atomic mass is 79.9. The van der Waals surface area contributed by atoms with E-state index < -0.39 is 0 Å². The Kier molecular flexibility index (Phi) is 5.78. The Morgan fingerprint density at radius 1 is 1.53 bits per heavy atom. The van der Waals surface area contributed by atoms with Crippen molar-refractivity contribution in [1.29, 1.82) is 0 Å². The highest BCUT2D eigenvalue weighted by Crippen LogP contribution is 2.18. The first kappa shape index (κ1) is 14.3. The molecule has 17 heavy (non-hydrogen) atoms. The molecule has 0 saturated carbocycles. The summed E-state index contributed by atoms with van der Waals surface area (Å²) in [6.45, 7) is 4.47. The van der Waals surface area contributed by atoms with Gasteiger partial charge < -0.3 is 5.32 Å². The number of benzene rings is 1. The third-order valence-electron chi connectivity index (χ3n) is 2.66. The van der Waals surface area contributed by atoms with Crippen molar-refractivity contribution in [2.45, 2.75) is 32.7 Å². The van der Waals surface area contributed by atoms with E-state index >= 15 is 0 Å². The molecule has 94 valence electrons. The number of nitrogens with one attached hydrogen (secondary N) is 1. The summed E-state index contributed by atoms with van der Waals surface area (Å²) in [5.41, 5.74) is 0.822. The van der Waals surface area contributed by atoms with E-state index in [2.05, 4.69) is 28.2 Å². The first-order valence-corrected chi connectivity index (χ1v) is 6.51. The van der Waals surface area contributed by atoms with Crippen molar-refractivity contribution in [2.75, 3.05) is 6.54 Å². The lowest BCUT2D eigenvalue weighted by Crippen LogP contribution is -2.31. The van der Waals surface area contributed by atoms with E-state index in [4.69, 9.17) is 0 Å². The molecule has 1 aromatic carbocycles. The fourth-order valence-corrected chi connectivity index (χ4v) is 1.86. The monoisotopic (exact) mass is 301 g/mol. The fraction of sp³-hybridized carbons (Fsp3) is 0.462. The first-order valence-electron chi connectivity index (χ1n) is 5.72. The van der Waals surface area contributed by atoms with E-state index in [0.717, 1.165) is 12.0 Å². The third-order valence-corrected chi connectivity index (χ3v) is 3.40. The summed E-state index contributed by atoms with van der Waals surface area (Å²) in [7, 11) is 0. The van der Waals surface area contributed by atoms with Crippen molar-refractivity contribution >= 4 is 21.7 Å². The molecule has 1 rings (SSSR count). The highest BCUT2D eigenvalue weighted by Gasteiger charge is 2.08. The van der Waals surface area contributed by atoms with Crippen molar-refractivity contribution in [3.8, 4) is 0 Å². The van der Waals surface area contributed by atoms with Crippen LogP contribution in [-0.4, -0.2) is 18.4 Å². The number of ketones is 1. The Labute approximate surface area is 110 Å². The predicted octanol–water partition coefficient (Wildman–Crippen LogP) is 3.09. The summed E-state index contributed by atoms with van der Waals surface area (Å²) in [6, 6.07) is 4.73. The van der Waals surface area contributed by atoms with Gasteiger partial charge in [0.1, 0.15) is 5.82 Å². The number of carbonyl (C=O) groups is 1. The molecule has 1 aromatic rings. The average Bonchev–Trinajstić information content (AvgIpc) is 2.29. The van der Waals surface area contributed by atoms with Crippen LogP contribution in [0.1, 0.15) is 25.8 Å². The number of hydrogen-bond acceptors (Lipinski definition) is 2. The topological polar surface area (TPSA) is 29.1 Å². The summed E-state index contributed by atoms with van der Waals surface area (Å²) >= 11 is 3.26. The average molecular weight is 302 g/mol. The zero-order chi connectivity index (χ0) is 12.8. The first-order chi connectivity index (χ1) is 8.02. The second kappa shape index (κ2) is 6.87. The van der Waals surface area contributed by atoms with Crippen LogP contribution in [-0.2, 0) is 11.2 Å². The second-order valence-corrected chi connectivity index (χ2v) is 5.00. The lowest BCUT2D eigenvalue weighted by atomic mass is 10.1. The largest absolute Gasteiger partial charge is 0.307 e. The van der Waals surface area contributed by atoms with E-state index in [-0.39, 0.29) is 11.6 Å². The number of rotatable bonds is 6. The van der Waals surface area contributed by atoms with Crippen molar-refractivity contribution in [2.24, 2.45) is 0 Å². The van der Waals surface area contributed by atoms with Crippen LogP contribution in [0.4, 0.5) is 4.39 Å². The van der Waals surface area contributed by atoms with Crippen LogP contribution in [0.3, 0.4) is 0 Å². The van der Waals surface area contributed by atoms with Crippen LogP contribution in [0, 0.1) is 5.82 Å². The minimum absolute atomic E-state index is 0.109. The van der Waals surface area contributed by atoms with Gasteiger partial charge in [0.05, 0.1) is 6.54 Å². The van der Waals surface area contributed by atoms with Gasteiger partial charge in [0, 0.05) is 16.9 Å². The lowest BCUT2D eigenvalue weighted by molar-refractivity contribution is -0.117. The molecule has 0 radical (unpaired) electrons. The molecule has 4 heteroatoms. The molecule has 0 spiro atoms. The van der Waals surface area contributed by atoms with Crippen molar-refractivity contribution in [1.82, 2.24) is 5.32 Å². The lowest BCUT2D eigenvalue weighted by Gasteiger charge is -2.10. The fourth-order valence-electron chi connectivity index (χ4n) is 1.37. The van der Waals surface area contributed by atoms with E-state index in [1.807, 2.05) is 6.92 Å². The molecule has 0 heterocycles. The maximum atomic E-state index is 12.9. The minimum Gasteiger partial charge on any atom is -0.307 e. The smallest absolute Gasteiger partial charge is 0.151 e. The van der Waals surface area contributed by atoms with E-state index in [9.17, 15) is 9.18 Å². The SMILES string of the molecule is CCC(C)NCC(=O)Cc1ccc(F)cc1Br. The maximum absolute atomic E-state index is 12.9. The molecule has 1 N–H and O–H groups in total. The van der Waals surface area contributed by atoms with Gasteiger partial charge in [-0.2, -0.15) is 0 Å². The van der Waals surface area contributed by atoms with Crippen LogP contribution in [0.5, 0.6) is 0 Å². The Balaban J connectivity index is 2.50. The molecule has 1 atom stereocenters. The normalized spacial score (nSPS) is 12.5. The molecule has 0 aliphatic rings. The summed E-state index contributed by atoms with van der Waals surface area (Å²) < 4.78 is 13.5. The van der Waals surface area contributed by atoms with Gasteiger partial charge in [-0.3, -0.25) is 4.79 Å². The number of hydrogen-bond donors (Lipinski definition) is 1. The number of Topliss-reactive ketones (excluding diaryl/α,β-unsaturated/α-hetero) is 1. The van der Waals surface area contributed by atoms with Gasteiger partial charge in [-0.1, -0.05) is 28.9 Å². The van der Waals surface area contributed by atoms with Crippen LogP contribution in [0.25, 0.3) is 0 Å². The molecule has 0 aromatic heterocycles.